The van der Waals surface area contributed by atoms with Crippen molar-refractivity contribution in [3.8, 4) is 0 Å². The van der Waals surface area contributed by atoms with Crippen molar-refractivity contribution in [1.29, 1.82) is 0 Å². The maximum atomic E-state index is 8.49. The summed E-state index contributed by atoms with van der Waals surface area (Å²) in [7, 11) is 0. The zero-order chi connectivity index (χ0) is 6.69. The molecule has 1 aliphatic rings. The van der Waals surface area contributed by atoms with Crippen LogP contribution in [0.3, 0.4) is 0 Å². The van der Waals surface area contributed by atoms with Crippen LogP contribution in [0.5, 0.6) is 0 Å². The van der Waals surface area contributed by atoms with Crippen molar-refractivity contribution in [2.24, 2.45) is 10.7 Å². The molecule has 0 atom stereocenters. The number of guanidine groups is 1. The van der Waals surface area contributed by atoms with Gasteiger partial charge in [0.25, 0.3) is 0 Å². The molecule has 0 bridgehead atoms. The van der Waals surface area contributed by atoms with Crippen LogP contribution in [0.1, 0.15) is 0 Å². The number of aliphatic imine (C=N–C) groups is 1. The molecule has 9 heavy (non-hydrogen) atoms. The van der Waals surface area contributed by atoms with E-state index in [9.17, 15) is 0 Å². The van der Waals surface area contributed by atoms with E-state index in [-0.39, 0.29) is 6.61 Å². The topological polar surface area (TPSA) is 61.8 Å². The average Bonchev–Trinajstić information content (AvgIpc) is 2.18. The molecule has 3 N–H and O–H groups in total. The minimum absolute atomic E-state index is 0.149. The summed E-state index contributed by atoms with van der Waals surface area (Å²) >= 11 is 0. The molecule has 0 aromatic rings. The first-order valence-corrected chi connectivity index (χ1v) is 3.00. The van der Waals surface area contributed by atoms with Gasteiger partial charge in [-0.3, -0.25) is 4.99 Å². The molecule has 0 aliphatic carbocycles. The van der Waals surface area contributed by atoms with Gasteiger partial charge >= 0.3 is 0 Å². The van der Waals surface area contributed by atoms with E-state index in [1.807, 2.05) is 4.90 Å². The van der Waals surface area contributed by atoms with Crippen LogP contribution in [-0.2, 0) is 0 Å². The Morgan fingerprint density at radius 2 is 2.56 bits per heavy atom. The maximum Gasteiger partial charge on any atom is 0.191 e. The van der Waals surface area contributed by atoms with E-state index in [0.717, 1.165) is 13.1 Å². The first kappa shape index (κ1) is 6.35. The van der Waals surface area contributed by atoms with E-state index in [1.165, 1.54) is 0 Å². The molecular formula is C5H11N3O. The number of aliphatic hydroxyl groups excluding tert-OH is 1. The molecule has 4 heteroatoms. The molecule has 4 nitrogen and oxygen atoms in total. The molecule has 0 radical (unpaired) electrons. The highest BCUT2D eigenvalue weighted by molar-refractivity contribution is 5.79. The zero-order valence-electron chi connectivity index (χ0n) is 5.25. The minimum Gasteiger partial charge on any atom is -0.395 e. The Hall–Kier alpha value is -0.770. The molecule has 0 aromatic carbocycles. The van der Waals surface area contributed by atoms with Gasteiger partial charge < -0.3 is 15.7 Å². The molecule has 0 fully saturated rings. The molecule has 0 saturated heterocycles. The van der Waals surface area contributed by atoms with Gasteiger partial charge in [-0.05, 0) is 0 Å². The predicted octanol–water partition coefficient (Wildman–Crippen LogP) is -1.39. The van der Waals surface area contributed by atoms with Gasteiger partial charge in [-0.15, -0.1) is 0 Å². The normalized spacial score (nSPS) is 18.3. The Kier molecular flexibility index (Phi) is 1.89. The van der Waals surface area contributed by atoms with Gasteiger partial charge in [0.2, 0.25) is 0 Å². The average molecular weight is 129 g/mol. The standard InChI is InChI=1S/C5H11N3O/c6-5-7-1-2-8(5)3-4-9/h9H,1-4H2,(H2,6,7). The summed E-state index contributed by atoms with van der Waals surface area (Å²) < 4.78 is 0. The SMILES string of the molecule is NC1=NCCN1CCO. The largest absolute Gasteiger partial charge is 0.395 e. The molecule has 1 heterocycles. The fourth-order valence-corrected chi connectivity index (χ4v) is 0.847. The quantitative estimate of drug-likeness (QED) is 0.482. The summed E-state index contributed by atoms with van der Waals surface area (Å²) in [6, 6.07) is 0. The summed E-state index contributed by atoms with van der Waals surface area (Å²) in [5.41, 5.74) is 5.43. The molecule has 0 aromatic heterocycles. The van der Waals surface area contributed by atoms with Crippen LogP contribution in [0.2, 0.25) is 0 Å². The van der Waals surface area contributed by atoms with Gasteiger partial charge in [0.05, 0.1) is 13.2 Å². The highest BCUT2D eigenvalue weighted by Crippen LogP contribution is 1.94. The fourth-order valence-electron chi connectivity index (χ4n) is 0.847. The molecular weight excluding hydrogens is 118 g/mol. The van der Waals surface area contributed by atoms with Crippen LogP contribution in [0.15, 0.2) is 4.99 Å². The Balaban J connectivity index is 2.34. The van der Waals surface area contributed by atoms with Crippen molar-refractivity contribution in [2.75, 3.05) is 26.2 Å². The summed E-state index contributed by atoms with van der Waals surface area (Å²) in [6.07, 6.45) is 0. The van der Waals surface area contributed by atoms with E-state index in [1.54, 1.807) is 0 Å². The Morgan fingerprint density at radius 1 is 1.78 bits per heavy atom. The number of nitrogens with two attached hydrogens (primary N) is 1. The Morgan fingerprint density at radius 3 is 3.00 bits per heavy atom. The van der Waals surface area contributed by atoms with Crippen LogP contribution in [0.25, 0.3) is 0 Å². The van der Waals surface area contributed by atoms with Gasteiger partial charge in [0.1, 0.15) is 0 Å². The van der Waals surface area contributed by atoms with Crippen molar-refractivity contribution in [3.63, 3.8) is 0 Å². The molecule has 1 rings (SSSR count). The fraction of sp³-hybridized carbons (Fsp3) is 0.800. The second-order valence-corrected chi connectivity index (χ2v) is 1.95. The molecule has 0 saturated carbocycles. The van der Waals surface area contributed by atoms with Gasteiger partial charge in [-0.2, -0.15) is 0 Å². The first-order valence-electron chi connectivity index (χ1n) is 3.00. The van der Waals surface area contributed by atoms with Crippen LogP contribution in [0.4, 0.5) is 0 Å². The van der Waals surface area contributed by atoms with Crippen LogP contribution < -0.4 is 5.73 Å². The lowest BCUT2D eigenvalue weighted by Gasteiger charge is -2.14. The van der Waals surface area contributed by atoms with Gasteiger partial charge in [0, 0.05) is 13.1 Å². The van der Waals surface area contributed by atoms with E-state index in [4.69, 9.17) is 10.8 Å². The summed E-state index contributed by atoms with van der Waals surface area (Å²) in [5.74, 6) is 0.559. The van der Waals surface area contributed by atoms with Crippen LogP contribution in [-0.4, -0.2) is 42.2 Å². The van der Waals surface area contributed by atoms with E-state index in [0.29, 0.717) is 12.5 Å². The third-order valence-electron chi connectivity index (χ3n) is 1.34. The zero-order valence-corrected chi connectivity index (χ0v) is 5.25. The minimum atomic E-state index is 0.149. The highest BCUT2D eigenvalue weighted by Gasteiger charge is 2.10. The Labute approximate surface area is 54.0 Å². The number of β-amino-alcohol motifs (C(OH)–C–C–N with tert-alkyl or cyclic N) is 1. The smallest absolute Gasteiger partial charge is 0.191 e. The summed E-state index contributed by atoms with van der Waals surface area (Å²) in [6.45, 7) is 2.38. The lowest BCUT2D eigenvalue weighted by atomic mass is 10.5. The van der Waals surface area contributed by atoms with Crippen LogP contribution in [0, 0.1) is 0 Å². The highest BCUT2D eigenvalue weighted by atomic mass is 16.3. The van der Waals surface area contributed by atoms with Crippen LogP contribution >= 0.6 is 0 Å². The van der Waals surface area contributed by atoms with E-state index < -0.39 is 0 Å². The van der Waals surface area contributed by atoms with Gasteiger partial charge in [-0.1, -0.05) is 0 Å². The van der Waals surface area contributed by atoms with Crippen molar-refractivity contribution in [1.82, 2.24) is 4.90 Å². The first-order chi connectivity index (χ1) is 4.34. The van der Waals surface area contributed by atoms with E-state index >= 15 is 0 Å². The number of aliphatic hydroxyl groups is 1. The Bertz CT molecular complexity index is 123. The monoisotopic (exact) mass is 129 g/mol. The molecule has 0 amide bonds. The predicted molar refractivity (Wildman–Crippen MR) is 35.1 cm³/mol. The van der Waals surface area contributed by atoms with E-state index in [2.05, 4.69) is 4.99 Å². The molecule has 0 unspecified atom stereocenters. The lowest BCUT2D eigenvalue weighted by Crippen LogP contribution is -2.35. The maximum absolute atomic E-state index is 8.49. The number of nitrogens with zero attached hydrogens (tertiary/aromatic N) is 2. The van der Waals surface area contributed by atoms with Crippen molar-refractivity contribution in [2.45, 2.75) is 0 Å². The third-order valence-corrected chi connectivity index (χ3v) is 1.34. The molecule has 0 spiro atoms. The molecule has 1 aliphatic heterocycles. The van der Waals surface area contributed by atoms with Gasteiger partial charge in [-0.25, -0.2) is 0 Å². The van der Waals surface area contributed by atoms with Gasteiger partial charge in [0.15, 0.2) is 5.96 Å². The third kappa shape index (κ3) is 1.32. The second-order valence-electron chi connectivity index (χ2n) is 1.95. The molecule has 52 valence electrons. The number of hydrogen-bond acceptors (Lipinski definition) is 4. The summed E-state index contributed by atoms with van der Waals surface area (Å²) in [5, 5.41) is 8.49. The number of hydrogen-bond donors (Lipinski definition) is 2. The summed E-state index contributed by atoms with van der Waals surface area (Å²) in [4.78, 5) is 5.81. The van der Waals surface area contributed by atoms with Crippen molar-refractivity contribution in [3.05, 3.63) is 0 Å². The number of rotatable bonds is 2. The lowest BCUT2D eigenvalue weighted by molar-refractivity contribution is 0.255. The van der Waals surface area contributed by atoms with Crippen molar-refractivity contribution >= 4 is 5.96 Å². The second kappa shape index (κ2) is 2.68. The van der Waals surface area contributed by atoms with Crippen molar-refractivity contribution < 1.29 is 5.11 Å².